The van der Waals surface area contributed by atoms with Crippen molar-refractivity contribution in [1.82, 2.24) is 19.5 Å². The third-order valence-electron chi connectivity index (χ3n) is 3.13. The van der Waals surface area contributed by atoms with Crippen molar-refractivity contribution in [3.63, 3.8) is 0 Å². The summed E-state index contributed by atoms with van der Waals surface area (Å²) in [5.41, 5.74) is 1.63. The topological polar surface area (TPSA) is 56.7 Å². The first-order valence-corrected chi connectivity index (χ1v) is 7.01. The van der Waals surface area contributed by atoms with Crippen LogP contribution in [0.2, 0.25) is 0 Å². The van der Waals surface area contributed by atoms with E-state index in [-0.39, 0.29) is 5.38 Å². The van der Waals surface area contributed by atoms with Crippen LogP contribution in [-0.2, 0) is 13.0 Å². The Bertz CT molecular complexity index is 732. The van der Waals surface area contributed by atoms with Crippen LogP contribution >= 0.6 is 11.6 Å². The molecular formula is C14H15ClN4O. The Balaban J connectivity index is 2.06. The highest BCUT2D eigenvalue weighted by molar-refractivity contribution is 6.20. The first-order chi connectivity index (χ1) is 9.69. The number of hydrogen-bond acceptors (Lipinski definition) is 4. The lowest BCUT2D eigenvalue weighted by Gasteiger charge is -2.07. The van der Waals surface area contributed by atoms with E-state index in [0.29, 0.717) is 12.4 Å². The minimum absolute atomic E-state index is 0.204. The fourth-order valence-corrected chi connectivity index (χ4v) is 2.32. The molecule has 5 nitrogen and oxygen atoms in total. The molecule has 3 aromatic rings. The molecule has 0 saturated carbocycles. The van der Waals surface area contributed by atoms with Crippen molar-refractivity contribution >= 4 is 22.8 Å². The van der Waals surface area contributed by atoms with E-state index in [1.807, 2.05) is 30.5 Å². The number of nitrogens with zero attached hydrogens (tertiary/aromatic N) is 4. The van der Waals surface area contributed by atoms with Crippen LogP contribution in [0.15, 0.2) is 28.9 Å². The SMILES string of the molecule is CCc1cnc(Cn2c(C(C)Cl)nc3cccnc32)o1. The normalized spacial score (nSPS) is 12.9. The molecule has 0 aromatic carbocycles. The second kappa shape index (κ2) is 5.25. The molecule has 0 bridgehead atoms. The van der Waals surface area contributed by atoms with Crippen LogP contribution in [0.4, 0.5) is 0 Å². The van der Waals surface area contributed by atoms with E-state index in [1.54, 1.807) is 12.4 Å². The average molecular weight is 291 g/mol. The van der Waals surface area contributed by atoms with Gasteiger partial charge in [0, 0.05) is 12.6 Å². The summed E-state index contributed by atoms with van der Waals surface area (Å²) < 4.78 is 7.62. The molecule has 104 valence electrons. The molecule has 1 unspecified atom stereocenters. The van der Waals surface area contributed by atoms with Gasteiger partial charge >= 0.3 is 0 Å². The van der Waals surface area contributed by atoms with E-state index in [2.05, 4.69) is 15.0 Å². The Kier molecular flexibility index (Phi) is 3.44. The zero-order valence-electron chi connectivity index (χ0n) is 11.4. The van der Waals surface area contributed by atoms with Crippen LogP contribution in [-0.4, -0.2) is 19.5 Å². The molecule has 3 aromatic heterocycles. The van der Waals surface area contributed by atoms with Gasteiger partial charge in [0.1, 0.15) is 23.6 Å². The minimum atomic E-state index is -0.204. The Morgan fingerprint density at radius 1 is 1.40 bits per heavy atom. The Morgan fingerprint density at radius 3 is 2.95 bits per heavy atom. The van der Waals surface area contributed by atoms with Crippen LogP contribution in [0.25, 0.3) is 11.2 Å². The number of hydrogen-bond donors (Lipinski definition) is 0. The van der Waals surface area contributed by atoms with Crippen molar-refractivity contribution < 1.29 is 4.42 Å². The Hall–Kier alpha value is -1.88. The van der Waals surface area contributed by atoms with Crippen LogP contribution in [0.3, 0.4) is 0 Å². The number of oxazole rings is 1. The van der Waals surface area contributed by atoms with Crippen molar-refractivity contribution in [3.8, 4) is 0 Å². The Labute approximate surface area is 121 Å². The minimum Gasteiger partial charge on any atom is -0.444 e. The largest absolute Gasteiger partial charge is 0.444 e. The molecule has 0 fully saturated rings. The summed E-state index contributed by atoms with van der Waals surface area (Å²) in [5.74, 6) is 2.29. The maximum absolute atomic E-state index is 6.22. The summed E-state index contributed by atoms with van der Waals surface area (Å²) >= 11 is 6.22. The Morgan fingerprint density at radius 2 is 2.25 bits per heavy atom. The molecule has 3 rings (SSSR count). The van der Waals surface area contributed by atoms with E-state index in [9.17, 15) is 0 Å². The van der Waals surface area contributed by atoms with Gasteiger partial charge in [-0.1, -0.05) is 6.92 Å². The zero-order chi connectivity index (χ0) is 14.1. The standard InChI is InChI=1S/C14H15ClN4O/c1-3-10-7-17-12(20-10)8-19-13(9(2)15)18-11-5-4-6-16-14(11)19/h4-7,9H,3,8H2,1-2H3. The number of pyridine rings is 1. The first-order valence-electron chi connectivity index (χ1n) is 6.57. The molecular weight excluding hydrogens is 276 g/mol. The highest BCUT2D eigenvalue weighted by Gasteiger charge is 2.17. The third-order valence-corrected chi connectivity index (χ3v) is 3.33. The van der Waals surface area contributed by atoms with Gasteiger partial charge in [0.2, 0.25) is 5.89 Å². The zero-order valence-corrected chi connectivity index (χ0v) is 12.1. The van der Waals surface area contributed by atoms with Crippen molar-refractivity contribution in [1.29, 1.82) is 0 Å². The second-order valence-electron chi connectivity index (χ2n) is 4.59. The summed E-state index contributed by atoms with van der Waals surface area (Å²) in [5, 5.41) is -0.204. The number of aryl methyl sites for hydroxylation is 1. The molecule has 0 aliphatic heterocycles. The number of rotatable bonds is 4. The molecule has 0 saturated heterocycles. The number of halogens is 1. The van der Waals surface area contributed by atoms with Gasteiger partial charge in [0.15, 0.2) is 5.65 Å². The maximum atomic E-state index is 6.22. The molecule has 6 heteroatoms. The molecule has 20 heavy (non-hydrogen) atoms. The van der Waals surface area contributed by atoms with E-state index < -0.39 is 0 Å². The molecule has 0 spiro atoms. The van der Waals surface area contributed by atoms with Crippen LogP contribution in [0.1, 0.15) is 36.7 Å². The number of aromatic nitrogens is 4. The van der Waals surface area contributed by atoms with Crippen LogP contribution in [0.5, 0.6) is 0 Å². The van der Waals surface area contributed by atoms with Crippen molar-refractivity contribution in [2.45, 2.75) is 32.2 Å². The fraction of sp³-hybridized carbons (Fsp3) is 0.357. The number of alkyl halides is 1. The van der Waals surface area contributed by atoms with Crippen LogP contribution < -0.4 is 0 Å². The van der Waals surface area contributed by atoms with Gasteiger partial charge in [-0.15, -0.1) is 11.6 Å². The van der Waals surface area contributed by atoms with Gasteiger partial charge in [-0.05, 0) is 19.1 Å². The van der Waals surface area contributed by atoms with Gasteiger partial charge in [-0.25, -0.2) is 15.0 Å². The lowest BCUT2D eigenvalue weighted by atomic mass is 10.4. The van der Waals surface area contributed by atoms with E-state index in [0.717, 1.165) is 29.2 Å². The predicted octanol–water partition coefficient (Wildman–Crippen LogP) is 3.33. The summed E-state index contributed by atoms with van der Waals surface area (Å²) in [6, 6.07) is 3.79. The molecule has 0 aliphatic rings. The van der Waals surface area contributed by atoms with E-state index in [4.69, 9.17) is 16.0 Å². The highest BCUT2D eigenvalue weighted by Crippen LogP contribution is 2.24. The van der Waals surface area contributed by atoms with Crippen molar-refractivity contribution in [2.24, 2.45) is 0 Å². The fourth-order valence-electron chi connectivity index (χ4n) is 2.16. The number of imidazole rings is 1. The van der Waals surface area contributed by atoms with Crippen LogP contribution in [0, 0.1) is 0 Å². The smallest absolute Gasteiger partial charge is 0.214 e. The summed E-state index contributed by atoms with van der Waals surface area (Å²) in [4.78, 5) is 13.2. The van der Waals surface area contributed by atoms with Crippen molar-refractivity contribution in [2.75, 3.05) is 0 Å². The second-order valence-corrected chi connectivity index (χ2v) is 5.25. The molecule has 1 atom stereocenters. The van der Waals surface area contributed by atoms with Gasteiger partial charge in [0.05, 0.1) is 11.6 Å². The summed E-state index contributed by atoms with van der Waals surface area (Å²) in [6.45, 7) is 4.41. The summed E-state index contributed by atoms with van der Waals surface area (Å²) in [6.07, 6.45) is 4.33. The third kappa shape index (κ3) is 2.29. The lowest BCUT2D eigenvalue weighted by molar-refractivity contribution is 0.445. The molecule has 0 amide bonds. The summed E-state index contributed by atoms with van der Waals surface area (Å²) in [7, 11) is 0. The van der Waals surface area contributed by atoms with E-state index >= 15 is 0 Å². The molecule has 3 heterocycles. The number of fused-ring (bicyclic) bond motifs is 1. The van der Waals surface area contributed by atoms with Gasteiger partial charge in [-0.2, -0.15) is 0 Å². The quantitative estimate of drug-likeness (QED) is 0.692. The molecule has 0 radical (unpaired) electrons. The lowest BCUT2D eigenvalue weighted by Crippen LogP contribution is -2.06. The first kappa shape index (κ1) is 13.1. The predicted molar refractivity (Wildman–Crippen MR) is 76.8 cm³/mol. The van der Waals surface area contributed by atoms with Gasteiger partial charge < -0.3 is 8.98 Å². The van der Waals surface area contributed by atoms with Gasteiger partial charge in [0.25, 0.3) is 0 Å². The monoisotopic (exact) mass is 290 g/mol. The highest BCUT2D eigenvalue weighted by atomic mass is 35.5. The average Bonchev–Trinajstić information content (AvgIpc) is 3.04. The molecule has 0 aliphatic carbocycles. The molecule has 0 N–H and O–H groups in total. The van der Waals surface area contributed by atoms with Crippen molar-refractivity contribution in [3.05, 3.63) is 42.0 Å². The van der Waals surface area contributed by atoms with E-state index in [1.165, 1.54) is 0 Å². The van der Waals surface area contributed by atoms with Gasteiger partial charge in [-0.3, -0.25) is 0 Å². The maximum Gasteiger partial charge on any atom is 0.214 e.